The zero-order valence-electron chi connectivity index (χ0n) is 17.3. The maximum Gasteiger partial charge on any atom is 0.155 e. The van der Waals surface area contributed by atoms with Crippen LogP contribution in [0.4, 0.5) is 10.2 Å². The van der Waals surface area contributed by atoms with Crippen LogP contribution >= 0.6 is 0 Å². The number of hydrogen-bond donors (Lipinski definition) is 1. The van der Waals surface area contributed by atoms with Gasteiger partial charge in [-0.25, -0.2) is 9.37 Å². The molecule has 1 aliphatic rings. The van der Waals surface area contributed by atoms with Crippen LogP contribution in [-0.2, 0) is 6.54 Å². The van der Waals surface area contributed by atoms with Gasteiger partial charge in [0.25, 0.3) is 0 Å². The fraction of sp³-hybridized carbons (Fsp3) is 0.409. The molecule has 2 atom stereocenters. The van der Waals surface area contributed by atoms with E-state index in [2.05, 4.69) is 24.9 Å². The number of aliphatic hydroxyl groups is 1. The summed E-state index contributed by atoms with van der Waals surface area (Å²) in [4.78, 5) is 13.7. The molecular weight excluding hydrogens is 383 g/mol. The van der Waals surface area contributed by atoms with Crippen LogP contribution in [0.5, 0.6) is 0 Å². The Bertz CT molecular complexity index is 966. The Labute approximate surface area is 175 Å². The van der Waals surface area contributed by atoms with E-state index in [1.54, 1.807) is 31.5 Å². The fourth-order valence-electron chi connectivity index (χ4n) is 3.65. The molecule has 4 rings (SSSR count). The lowest BCUT2D eigenvalue weighted by Crippen LogP contribution is -2.46. The molecule has 7 nitrogen and oxygen atoms in total. The molecule has 3 heterocycles. The number of anilines is 1. The molecule has 2 aromatic heterocycles. The van der Waals surface area contributed by atoms with Gasteiger partial charge < -0.3 is 10.0 Å². The average molecular weight is 410 g/mol. The van der Waals surface area contributed by atoms with E-state index >= 15 is 0 Å². The molecule has 0 saturated carbocycles. The smallest absolute Gasteiger partial charge is 0.155 e. The van der Waals surface area contributed by atoms with Gasteiger partial charge in [-0.15, -0.1) is 0 Å². The third-order valence-corrected chi connectivity index (χ3v) is 5.64. The van der Waals surface area contributed by atoms with Crippen LogP contribution in [0.2, 0.25) is 0 Å². The molecular formula is C22H27FN6O. The minimum Gasteiger partial charge on any atom is -0.391 e. The second-order valence-corrected chi connectivity index (χ2v) is 7.81. The predicted octanol–water partition coefficient (Wildman–Crippen LogP) is 2.74. The topological polar surface area (TPSA) is 70.3 Å². The first-order valence-electron chi connectivity index (χ1n) is 10.3. The summed E-state index contributed by atoms with van der Waals surface area (Å²) in [7, 11) is 0. The maximum absolute atomic E-state index is 13.3. The van der Waals surface area contributed by atoms with Crippen molar-refractivity contribution in [3.63, 3.8) is 0 Å². The van der Waals surface area contributed by atoms with Gasteiger partial charge in [0.2, 0.25) is 0 Å². The van der Waals surface area contributed by atoms with E-state index in [0.29, 0.717) is 0 Å². The molecule has 1 aromatic carbocycles. The minimum absolute atomic E-state index is 0.0443. The highest BCUT2D eigenvalue weighted by atomic mass is 19.1. The molecule has 8 heteroatoms. The van der Waals surface area contributed by atoms with Gasteiger partial charge in [-0.3, -0.25) is 14.6 Å². The molecule has 3 aromatic rings. The van der Waals surface area contributed by atoms with Crippen molar-refractivity contribution in [3.8, 4) is 11.3 Å². The van der Waals surface area contributed by atoms with E-state index in [-0.39, 0.29) is 11.9 Å². The van der Waals surface area contributed by atoms with Gasteiger partial charge in [-0.2, -0.15) is 5.10 Å². The number of rotatable bonds is 6. The Hall–Kier alpha value is -2.84. The molecule has 0 bridgehead atoms. The SMILES string of the molecule is C[C@@H](O)[C@H](C)n1cc(CN2CCN(c3nccnc3-c3ccc(F)cc3)CC2)cn1. The number of aliphatic hydroxyl groups excluding tert-OH is 1. The highest BCUT2D eigenvalue weighted by Crippen LogP contribution is 2.27. The molecule has 0 radical (unpaired) electrons. The Kier molecular flexibility index (Phi) is 6.06. The molecule has 0 spiro atoms. The van der Waals surface area contributed by atoms with Gasteiger partial charge in [0.15, 0.2) is 5.82 Å². The van der Waals surface area contributed by atoms with Crippen molar-refractivity contribution < 1.29 is 9.50 Å². The lowest BCUT2D eigenvalue weighted by molar-refractivity contribution is 0.132. The molecule has 1 N–H and O–H groups in total. The number of hydrogen-bond acceptors (Lipinski definition) is 6. The summed E-state index contributed by atoms with van der Waals surface area (Å²) in [6.07, 6.45) is 6.82. The zero-order valence-corrected chi connectivity index (χ0v) is 17.3. The maximum atomic E-state index is 13.3. The van der Waals surface area contributed by atoms with Crippen molar-refractivity contribution >= 4 is 5.82 Å². The van der Waals surface area contributed by atoms with Crippen LogP contribution in [0, 0.1) is 5.82 Å². The second-order valence-electron chi connectivity index (χ2n) is 7.81. The Balaban J connectivity index is 1.40. The molecule has 1 saturated heterocycles. The van der Waals surface area contributed by atoms with Gasteiger partial charge in [0.1, 0.15) is 11.5 Å². The highest BCUT2D eigenvalue weighted by molar-refractivity contribution is 5.72. The van der Waals surface area contributed by atoms with Crippen molar-refractivity contribution in [2.75, 3.05) is 31.1 Å². The van der Waals surface area contributed by atoms with Crippen LogP contribution in [0.3, 0.4) is 0 Å². The molecule has 1 aliphatic heterocycles. The number of halogens is 1. The van der Waals surface area contributed by atoms with E-state index < -0.39 is 6.10 Å². The number of piperazine rings is 1. The van der Waals surface area contributed by atoms with Crippen molar-refractivity contribution in [3.05, 3.63) is 60.4 Å². The summed E-state index contributed by atoms with van der Waals surface area (Å²) in [5.41, 5.74) is 2.78. The standard InChI is InChI=1S/C22H27FN6O/c1-16(17(2)30)29-15-18(13-26-29)14-27-9-11-28(12-10-27)22-21(24-7-8-25-22)19-3-5-20(23)6-4-19/h3-8,13,15-17,30H,9-12,14H2,1-2H3/t16-,17+/m0/s1. The first kappa shape index (κ1) is 20.4. The third kappa shape index (κ3) is 4.49. The summed E-state index contributed by atoms with van der Waals surface area (Å²) < 4.78 is 15.1. The van der Waals surface area contributed by atoms with E-state index in [9.17, 15) is 9.50 Å². The lowest BCUT2D eigenvalue weighted by atomic mass is 10.1. The number of aromatic nitrogens is 4. The van der Waals surface area contributed by atoms with Crippen LogP contribution in [0.25, 0.3) is 11.3 Å². The Morgan fingerprint density at radius 2 is 1.73 bits per heavy atom. The molecule has 30 heavy (non-hydrogen) atoms. The third-order valence-electron chi connectivity index (χ3n) is 5.64. The van der Waals surface area contributed by atoms with Gasteiger partial charge >= 0.3 is 0 Å². The normalized spacial score (nSPS) is 17.1. The van der Waals surface area contributed by atoms with Gasteiger partial charge in [0, 0.05) is 62.4 Å². The minimum atomic E-state index is -0.441. The highest BCUT2D eigenvalue weighted by Gasteiger charge is 2.22. The molecule has 0 unspecified atom stereocenters. The van der Waals surface area contributed by atoms with E-state index in [4.69, 9.17) is 0 Å². The summed E-state index contributed by atoms with van der Waals surface area (Å²) in [5.74, 6) is 0.575. The fourth-order valence-corrected chi connectivity index (χ4v) is 3.65. The van der Waals surface area contributed by atoms with Crippen LogP contribution < -0.4 is 4.90 Å². The van der Waals surface area contributed by atoms with Crippen LogP contribution in [0.1, 0.15) is 25.5 Å². The lowest BCUT2D eigenvalue weighted by Gasteiger charge is -2.35. The first-order valence-corrected chi connectivity index (χ1v) is 10.3. The van der Waals surface area contributed by atoms with Crippen molar-refractivity contribution in [2.24, 2.45) is 0 Å². The largest absolute Gasteiger partial charge is 0.391 e. The first-order chi connectivity index (χ1) is 14.5. The quantitative estimate of drug-likeness (QED) is 0.674. The predicted molar refractivity (Wildman–Crippen MR) is 114 cm³/mol. The van der Waals surface area contributed by atoms with Crippen molar-refractivity contribution in [1.29, 1.82) is 0 Å². The van der Waals surface area contributed by atoms with E-state index in [1.165, 1.54) is 12.1 Å². The Morgan fingerprint density at radius 3 is 2.43 bits per heavy atom. The van der Waals surface area contributed by atoms with Crippen LogP contribution in [0.15, 0.2) is 49.1 Å². The molecule has 0 aliphatic carbocycles. The summed E-state index contributed by atoms with van der Waals surface area (Å²) in [6, 6.07) is 6.34. The summed E-state index contributed by atoms with van der Waals surface area (Å²) >= 11 is 0. The van der Waals surface area contributed by atoms with Crippen molar-refractivity contribution in [1.82, 2.24) is 24.6 Å². The van der Waals surface area contributed by atoms with Crippen molar-refractivity contribution in [2.45, 2.75) is 32.5 Å². The van der Waals surface area contributed by atoms with E-state index in [0.717, 1.165) is 55.4 Å². The van der Waals surface area contributed by atoms with Gasteiger partial charge in [0.05, 0.1) is 18.3 Å². The molecule has 158 valence electrons. The summed E-state index contributed by atoms with van der Waals surface area (Å²) in [6.45, 7) is 8.03. The zero-order chi connectivity index (χ0) is 21.1. The van der Waals surface area contributed by atoms with Crippen LogP contribution in [-0.4, -0.2) is 62.0 Å². The number of benzene rings is 1. The van der Waals surface area contributed by atoms with Gasteiger partial charge in [-0.05, 0) is 38.1 Å². The second kappa shape index (κ2) is 8.89. The molecule has 0 amide bonds. The van der Waals surface area contributed by atoms with E-state index in [1.807, 2.05) is 24.0 Å². The Morgan fingerprint density at radius 1 is 1.03 bits per heavy atom. The molecule has 1 fully saturated rings. The average Bonchev–Trinajstić information content (AvgIpc) is 3.22. The number of nitrogens with zero attached hydrogens (tertiary/aromatic N) is 6. The van der Waals surface area contributed by atoms with Gasteiger partial charge in [-0.1, -0.05) is 0 Å². The summed E-state index contributed by atoms with van der Waals surface area (Å²) in [5, 5.41) is 14.1. The monoisotopic (exact) mass is 410 g/mol.